The fourth-order valence-electron chi connectivity index (χ4n) is 3.63. The van der Waals surface area contributed by atoms with Crippen molar-refractivity contribution in [2.24, 2.45) is 0 Å². The van der Waals surface area contributed by atoms with E-state index in [4.69, 9.17) is 0 Å². The number of hydrogen-bond donors (Lipinski definition) is 0. The standard InChI is InChI=1S/C22H23FN2OS/c1-24(2)19-5-3-18(4-6-19)22(23)11-7-16(8-12-22)21(26)25-13-9-20-17(15-25)10-14-27-20/h3-8,10-11,14H,9,12-13,15H2,1-2H3. The van der Waals surface area contributed by atoms with Crippen LogP contribution < -0.4 is 4.90 Å². The molecule has 2 heterocycles. The van der Waals surface area contributed by atoms with Gasteiger partial charge in [-0.3, -0.25) is 4.79 Å². The van der Waals surface area contributed by atoms with Gasteiger partial charge in [0, 0.05) is 49.7 Å². The molecule has 1 aliphatic carbocycles. The maximum Gasteiger partial charge on any atom is 0.253 e. The summed E-state index contributed by atoms with van der Waals surface area (Å²) in [6.45, 7) is 1.37. The first-order valence-corrected chi connectivity index (χ1v) is 10.0. The van der Waals surface area contributed by atoms with Crippen molar-refractivity contribution in [2.45, 2.75) is 25.1 Å². The lowest BCUT2D eigenvalue weighted by molar-refractivity contribution is -0.127. The number of halogens is 1. The second kappa shape index (κ2) is 6.97. The van der Waals surface area contributed by atoms with Crippen molar-refractivity contribution in [1.82, 2.24) is 4.90 Å². The summed E-state index contributed by atoms with van der Waals surface area (Å²) in [6, 6.07) is 9.57. The number of fused-ring (bicyclic) bond motifs is 1. The topological polar surface area (TPSA) is 23.6 Å². The SMILES string of the molecule is CN(C)c1ccc(C2(F)C=CC(C(=O)N3CCc4sccc4C3)=CC2)cc1. The molecule has 1 aromatic carbocycles. The van der Waals surface area contributed by atoms with E-state index in [9.17, 15) is 4.79 Å². The number of carbonyl (C=O) groups is 1. The molecule has 1 unspecified atom stereocenters. The zero-order chi connectivity index (χ0) is 19.0. The molecule has 0 saturated heterocycles. The van der Waals surface area contributed by atoms with Crippen LogP contribution in [0.3, 0.4) is 0 Å². The summed E-state index contributed by atoms with van der Waals surface area (Å²) in [5.41, 5.74) is 1.92. The van der Waals surface area contributed by atoms with Gasteiger partial charge in [-0.1, -0.05) is 24.3 Å². The van der Waals surface area contributed by atoms with E-state index in [0.29, 0.717) is 17.7 Å². The number of rotatable bonds is 3. The Morgan fingerprint density at radius 2 is 2.00 bits per heavy atom. The number of nitrogens with zero attached hydrogens (tertiary/aromatic N) is 2. The van der Waals surface area contributed by atoms with Gasteiger partial charge in [-0.15, -0.1) is 11.3 Å². The van der Waals surface area contributed by atoms with E-state index in [1.165, 1.54) is 16.5 Å². The Hall–Kier alpha value is -2.40. The van der Waals surface area contributed by atoms with Crippen molar-refractivity contribution >= 4 is 22.9 Å². The highest BCUT2D eigenvalue weighted by Gasteiger charge is 2.32. The minimum absolute atomic E-state index is 0.00638. The summed E-state index contributed by atoms with van der Waals surface area (Å²) < 4.78 is 15.4. The zero-order valence-electron chi connectivity index (χ0n) is 15.6. The van der Waals surface area contributed by atoms with Crippen LogP contribution in [0.4, 0.5) is 10.1 Å². The first kappa shape index (κ1) is 18.0. The zero-order valence-corrected chi connectivity index (χ0v) is 16.4. The summed E-state index contributed by atoms with van der Waals surface area (Å²) in [6.07, 6.45) is 6.01. The van der Waals surface area contributed by atoms with E-state index < -0.39 is 5.67 Å². The Morgan fingerprint density at radius 3 is 2.67 bits per heavy atom. The van der Waals surface area contributed by atoms with Crippen LogP contribution >= 0.6 is 11.3 Å². The predicted molar refractivity (Wildman–Crippen MR) is 109 cm³/mol. The largest absolute Gasteiger partial charge is 0.378 e. The van der Waals surface area contributed by atoms with Crippen molar-refractivity contribution in [2.75, 3.05) is 25.5 Å². The average Bonchev–Trinajstić information content (AvgIpc) is 3.16. The lowest BCUT2D eigenvalue weighted by Crippen LogP contribution is -2.36. The number of carbonyl (C=O) groups excluding carboxylic acids is 1. The normalized spacial score (nSPS) is 21.6. The monoisotopic (exact) mass is 382 g/mol. The van der Waals surface area contributed by atoms with Gasteiger partial charge in [-0.25, -0.2) is 4.39 Å². The van der Waals surface area contributed by atoms with Gasteiger partial charge in [0.2, 0.25) is 0 Å². The summed E-state index contributed by atoms with van der Waals surface area (Å²) in [7, 11) is 3.92. The molecule has 140 valence electrons. The Labute approximate surface area is 163 Å². The average molecular weight is 383 g/mol. The highest BCUT2D eigenvalue weighted by atomic mass is 32.1. The van der Waals surface area contributed by atoms with Crippen LogP contribution in [0, 0.1) is 0 Å². The molecule has 27 heavy (non-hydrogen) atoms. The molecule has 5 heteroatoms. The smallest absolute Gasteiger partial charge is 0.253 e. The van der Waals surface area contributed by atoms with Crippen LogP contribution in [-0.2, 0) is 23.4 Å². The quantitative estimate of drug-likeness (QED) is 0.783. The van der Waals surface area contributed by atoms with E-state index in [1.54, 1.807) is 23.5 Å². The summed E-state index contributed by atoms with van der Waals surface area (Å²) in [4.78, 5) is 18.1. The van der Waals surface area contributed by atoms with Gasteiger partial charge in [-0.2, -0.15) is 0 Å². The van der Waals surface area contributed by atoms with E-state index in [2.05, 4.69) is 11.4 Å². The number of hydrogen-bond acceptors (Lipinski definition) is 3. The second-order valence-corrected chi connectivity index (χ2v) is 8.35. The van der Waals surface area contributed by atoms with Crippen molar-refractivity contribution in [1.29, 1.82) is 0 Å². The predicted octanol–water partition coefficient (Wildman–Crippen LogP) is 4.45. The van der Waals surface area contributed by atoms with Crippen LogP contribution in [0.2, 0.25) is 0 Å². The van der Waals surface area contributed by atoms with Gasteiger partial charge in [0.25, 0.3) is 5.91 Å². The van der Waals surface area contributed by atoms with E-state index in [-0.39, 0.29) is 12.3 Å². The number of benzene rings is 1. The molecular formula is C22H23FN2OS. The molecule has 4 rings (SSSR count). The van der Waals surface area contributed by atoms with E-state index >= 15 is 4.39 Å². The fourth-order valence-corrected chi connectivity index (χ4v) is 4.52. The first-order valence-electron chi connectivity index (χ1n) is 9.17. The van der Waals surface area contributed by atoms with E-state index in [0.717, 1.165) is 18.7 Å². The molecular weight excluding hydrogens is 359 g/mol. The Morgan fingerprint density at radius 1 is 1.22 bits per heavy atom. The van der Waals surface area contributed by atoms with Crippen molar-refractivity contribution < 1.29 is 9.18 Å². The molecule has 1 aromatic heterocycles. The Balaban J connectivity index is 1.47. The van der Waals surface area contributed by atoms with Gasteiger partial charge >= 0.3 is 0 Å². The minimum atomic E-state index is -1.56. The van der Waals surface area contributed by atoms with E-state index in [1.807, 2.05) is 48.2 Å². The summed E-state index contributed by atoms with van der Waals surface area (Å²) in [5.74, 6) is -0.00638. The van der Waals surface area contributed by atoms with Crippen LogP contribution in [0.25, 0.3) is 0 Å². The minimum Gasteiger partial charge on any atom is -0.378 e. The highest BCUT2D eigenvalue weighted by Crippen LogP contribution is 2.37. The molecule has 0 N–H and O–H groups in total. The lowest BCUT2D eigenvalue weighted by atomic mass is 9.86. The molecule has 1 aliphatic heterocycles. The molecule has 2 aromatic rings. The van der Waals surface area contributed by atoms with Gasteiger partial charge < -0.3 is 9.80 Å². The third-order valence-electron chi connectivity index (χ3n) is 5.35. The Kier molecular flexibility index (Phi) is 4.64. The van der Waals surface area contributed by atoms with Crippen molar-refractivity contribution in [3.63, 3.8) is 0 Å². The molecule has 2 aliphatic rings. The molecule has 0 radical (unpaired) electrons. The number of thiophene rings is 1. The highest BCUT2D eigenvalue weighted by molar-refractivity contribution is 7.10. The second-order valence-electron chi connectivity index (χ2n) is 7.35. The Bertz CT molecular complexity index is 913. The van der Waals surface area contributed by atoms with Gasteiger partial charge in [0.05, 0.1) is 0 Å². The lowest BCUT2D eigenvalue weighted by Gasteiger charge is -2.29. The summed E-state index contributed by atoms with van der Waals surface area (Å²) >= 11 is 1.76. The third kappa shape index (κ3) is 3.44. The van der Waals surface area contributed by atoms with Crippen LogP contribution in [0.15, 0.2) is 59.5 Å². The van der Waals surface area contributed by atoms with Gasteiger partial charge in [0.1, 0.15) is 0 Å². The third-order valence-corrected chi connectivity index (χ3v) is 6.37. The number of anilines is 1. The molecule has 0 bridgehead atoms. The van der Waals surface area contributed by atoms with Gasteiger partial charge in [-0.05, 0) is 47.2 Å². The molecule has 0 saturated carbocycles. The number of amides is 1. The maximum atomic E-state index is 15.4. The number of allylic oxidation sites excluding steroid dienone is 2. The molecule has 3 nitrogen and oxygen atoms in total. The molecule has 0 fully saturated rings. The van der Waals surface area contributed by atoms with Crippen LogP contribution in [0.5, 0.6) is 0 Å². The molecule has 0 spiro atoms. The van der Waals surface area contributed by atoms with Crippen LogP contribution in [-0.4, -0.2) is 31.4 Å². The summed E-state index contributed by atoms with van der Waals surface area (Å²) in [5, 5.41) is 2.08. The number of alkyl halides is 1. The molecule has 1 atom stereocenters. The first-order chi connectivity index (χ1) is 13.0. The van der Waals surface area contributed by atoms with Crippen molar-refractivity contribution in [3.8, 4) is 0 Å². The van der Waals surface area contributed by atoms with Gasteiger partial charge in [0.15, 0.2) is 5.67 Å². The fraction of sp³-hybridized carbons (Fsp3) is 0.318. The molecule has 1 amide bonds. The van der Waals surface area contributed by atoms with Crippen molar-refractivity contribution in [3.05, 3.63) is 75.5 Å². The van der Waals surface area contributed by atoms with Crippen LogP contribution in [0.1, 0.15) is 22.4 Å². The maximum absolute atomic E-state index is 15.4.